The van der Waals surface area contributed by atoms with E-state index in [1.807, 2.05) is 6.07 Å². The standard InChI is InChI=1S/C17H13N3O3/c21-15(19-12-7-3-1-4-8-12)14-11-18-17(23)20(16(14)22)13-9-5-2-6-10-13/h1-11H,(H,18,23)(H,19,21). The van der Waals surface area contributed by atoms with Gasteiger partial charge in [0.2, 0.25) is 0 Å². The van der Waals surface area contributed by atoms with Crippen molar-refractivity contribution in [1.29, 1.82) is 0 Å². The number of nitrogens with zero attached hydrogens (tertiary/aromatic N) is 1. The summed E-state index contributed by atoms with van der Waals surface area (Å²) in [7, 11) is 0. The highest BCUT2D eigenvalue weighted by Crippen LogP contribution is 2.07. The second-order valence-electron chi connectivity index (χ2n) is 4.80. The highest BCUT2D eigenvalue weighted by molar-refractivity contribution is 6.03. The number of aromatic amines is 1. The number of amides is 1. The molecule has 0 spiro atoms. The van der Waals surface area contributed by atoms with E-state index in [0.29, 0.717) is 11.4 Å². The summed E-state index contributed by atoms with van der Waals surface area (Å²) in [6, 6.07) is 17.2. The zero-order chi connectivity index (χ0) is 16.2. The van der Waals surface area contributed by atoms with Crippen LogP contribution in [0.3, 0.4) is 0 Å². The third kappa shape index (κ3) is 2.96. The Hall–Kier alpha value is -3.41. The van der Waals surface area contributed by atoms with Gasteiger partial charge in [-0.3, -0.25) is 9.59 Å². The number of hydrogen-bond donors (Lipinski definition) is 2. The van der Waals surface area contributed by atoms with Crippen molar-refractivity contribution in [1.82, 2.24) is 9.55 Å². The molecule has 0 saturated carbocycles. The Morgan fingerprint density at radius 3 is 2.17 bits per heavy atom. The minimum absolute atomic E-state index is 0.141. The maximum Gasteiger partial charge on any atom is 0.333 e. The number of benzene rings is 2. The van der Waals surface area contributed by atoms with Gasteiger partial charge in [0.25, 0.3) is 11.5 Å². The number of anilines is 1. The van der Waals surface area contributed by atoms with Crippen molar-refractivity contribution in [3.8, 4) is 5.69 Å². The molecule has 0 aliphatic carbocycles. The molecule has 0 radical (unpaired) electrons. The average Bonchev–Trinajstić information content (AvgIpc) is 2.57. The van der Waals surface area contributed by atoms with Crippen molar-refractivity contribution in [2.75, 3.05) is 5.32 Å². The van der Waals surface area contributed by atoms with Crippen LogP contribution in [0.2, 0.25) is 0 Å². The van der Waals surface area contributed by atoms with Crippen LogP contribution in [0.25, 0.3) is 5.69 Å². The number of rotatable bonds is 3. The first-order valence-electron chi connectivity index (χ1n) is 6.93. The molecule has 0 unspecified atom stereocenters. The Morgan fingerprint density at radius 2 is 1.52 bits per heavy atom. The predicted molar refractivity (Wildman–Crippen MR) is 87.1 cm³/mol. The van der Waals surface area contributed by atoms with Crippen LogP contribution in [0, 0.1) is 0 Å². The van der Waals surface area contributed by atoms with E-state index in [1.54, 1.807) is 54.6 Å². The first-order chi connectivity index (χ1) is 11.2. The Kier molecular flexibility index (Phi) is 3.88. The lowest BCUT2D eigenvalue weighted by molar-refractivity contribution is 0.102. The molecule has 1 aromatic heterocycles. The second-order valence-corrected chi connectivity index (χ2v) is 4.80. The van der Waals surface area contributed by atoms with Crippen LogP contribution in [0.1, 0.15) is 10.4 Å². The molecule has 0 atom stereocenters. The van der Waals surface area contributed by atoms with Crippen molar-refractivity contribution >= 4 is 11.6 Å². The molecule has 2 aromatic carbocycles. The van der Waals surface area contributed by atoms with Gasteiger partial charge in [0.15, 0.2) is 0 Å². The normalized spacial score (nSPS) is 10.3. The molecule has 114 valence electrons. The van der Waals surface area contributed by atoms with E-state index >= 15 is 0 Å². The summed E-state index contributed by atoms with van der Waals surface area (Å²) in [5.74, 6) is -0.581. The molecule has 0 aliphatic rings. The van der Waals surface area contributed by atoms with Crippen LogP contribution in [0.5, 0.6) is 0 Å². The molecule has 6 heteroatoms. The summed E-state index contributed by atoms with van der Waals surface area (Å²) in [5.41, 5.74) is -0.453. The zero-order valence-electron chi connectivity index (χ0n) is 12.0. The van der Waals surface area contributed by atoms with Gasteiger partial charge < -0.3 is 10.3 Å². The van der Waals surface area contributed by atoms with Gasteiger partial charge >= 0.3 is 5.69 Å². The summed E-state index contributed by atoms with van der Waals surface area (Å²) in [5, 5.41) is 2.62. The highest BCUT2D eigenvalue weighted by Gasteiger charge is 2.15. The molecular formula is C17H13N3O3. The maximum absolute atomic E-state index is 12.5. The third-order valence-electron chi connectivity index (χ3n) is 3.27. The lowest BCUT2D eigenvalue weighted by Gasteiger charge is -2.08. The molecule has 23 heavy (non-hydrogen) atoms. The van der Waals surface area contributed by atoms with Gasteiger partial charge in [-0.2, -0.15) is 0 Å². The highest BCUT2D eigenvalue weighted by atomic mass is 16.2. The van der Waals surface area contributed by atoms with Crippen molar-refractivity contribution in [2.24, 2.45) is 0 Å². The molecule has 2 N–H and O–H groups in total. The van der Waals surface area contributed by atoms with Gasteiger partial charge in [0, 0.05) is 11.9 Å². The molecule has 1 heterocycles. The molecule has 3 aromatic rings. The lowest BCUT2D eigenvalue weighted by atomic mass is 10.2. The van der Waals surface area contributed by atoms with Crippen molar-refractivity contribution in [3.63, 3.8) is 0 Å². The van der Waals surface area contributed by atoms with Gasteiger partial charge in [0.1, 0.15) is 5.56 Å². The van der Waals surface area contributed by atoms with E-state index < -0.39 is 17.2 Å². The molecule has 6 nitrogen and oxygen atoms in total. The van der Waals surface area contributed by atoms with Gasteiger partial charge in [-0.1, -0.05) is 36.4 Å². The third-order valence-corrected chi connectivity index (χ3v) is 3.27. The number of aromatic nitrogens is 2. The van der Waals surface area contributed by atoms with Crippen molar-refractivity contribution < 1.29 is 4.79 Å². The van der Waals surface area contributed by atoms with Crippen molar-refractivity contribution in [3.05, 3.63) is 93.3 Å². The topological polar surface area (TPSA) is 84.0 Å². The largest absolute Gasteiger partial charge is 0.333 e. The van der Waals surface area contributed by atoms with Gasteiger partial charge in [0.05, 0.1) is 5.69 Å². The molecule has 1 amide bonds. The summed E-state index contributed by atoms with van der Waals surface area (Å²) in [6.45, 7) is 0. The first kappa shape index (κ1) is 14.5. The number of hydrogen-bond acceptors (Lipinski definition) is 3. The Morgan fingerprint density at radius 1 is 0.913 bits per heavy atom. The van der Waals surface area contributed by atoms with E-state index in [0.717, 1.165) is 10.8 Å². The SMILES string of the molecule is O=C(Nc1ccccc1)c1c[nH]c(=O)n(-c2ccccc2)c1=O. The fourth-order valence-corrected chi connectivity index (χ4v) is 2.17. The average molecular weight is 307 g/mol. The molecule has 0 fully saturated rings. The van der Waals surface area contributed by atoms with E-state index in [2.05, 4.69) is 10.3 Å². The molecular weight excluding hydrogens is 294 g/mol. The zero-order valence-corrected chi connectivity index (χ0v) is 12.0. The minimum Gasteiger partial charge on any atom is -0.322 e. The number of nitrogens with one attached hydrogen (secondary N) is 2. The van der Waals surface area contributed by atoms with Crippen molar-refractivity contribution in [2.45, 2.75) is 0 Å². The van der Waals surface area contributed by atoms with Gasteiger partial charge in [-0.25, -0.2) is 9.36 Å². The predicted octanol–water partition coefficient (Wildman–Crippen LogP) is 1.78. The van der Waals surface area contributed by atoms with Crippen LogP contribution in [-0.4, -0.2) is 15.5 Å². The van der Waals surface area contributed by atoms with Crippen LogP contribution in [0.15, 0.2) is 76.4 Å². The van der Waals surface area contributed by atoms with E-state index in [9.17, 15) is 14.4 Å². The van der Waals surface area contributed by atoms with Gasteiger partial charge in [-0.05, 0) is 24.3 Å². The molecule has 3 rings (SSSR count). The summed E-state index contributed by atoms with van der Waals surface area (Å²) in [4.78, 5) is 39.2. The van der Waals surface area contributed by atoms with E-state index in [-0.39, 0.29) is 5.56 Å². The number of carbonyl (C=O) groups is 1. The quantitative estimate of drug-likeness (QED) is 0.773. The minimum atomic E-state index is -0.673. The first-order valence-corrected chi connectivity index (χ1v) is 6.93. The summed E-state index contributed by atoms with van der Waals surface area (Å²) >= 11 is 0. The number of para-hydroxylation sites is 2. The van der Waals surface area contributed by atoms with Gasteiger partial charge in [-0.15, -0.1) is 0 Å². The van der Waals surface area contributed by atoms with E-state index in [4.69, 9.17) is 0 Å². The number of H-pyrrole nitrogens is 1. The maximum atomic E-state index is 12.5. The Balaban J connectivity index is 2.03. The summed E-state index contributed by atoms with van der Waals surface area (Å²) in [6.07, 6.45) is 1.13. The smallest absolute Gasteiger partial charge is 0.322 e. The fraction of sp³-hybridized carbons (Fsp3) is 0. The van der Waals surface area contributed by atoms with Crippen LogP contribution >= 0.6 is 0 Å². The van der Waals surface area contributed by atoms with Crippen LogP contribution < -0.4 is 16.6 Å². The molecule has 0 saturated heterocycles. The Bertz CT molecular complexity index is 944. The van der Waals surface area contributed by atoms with Crippen LogP contribution in [-0.2, 0) is 0 Å². The number of carbonyl (C=O) groups excluding carboxylic acids is 1. The fourth-order valence-electron chi connectivity index (χ4n) is 2.17. The summed E-state index contributed by atoms with van der Waals surface area (Å²) < 4.78 is 0.930. The monoisotopic (exact) mass is 307 g/mol. The molecule has 0 aliphatic heterocycles. The Labute approximate surface area is 131 Å². The lowest BCUT2D eigenvalue weighted by Crippen LogP contribution is -2.38. The second kappa shape index (κ2) is 6.15. The van der Waals surface area contributed by atoms with E-state index in [1.165, 1.54) is 0 Å². The van der Waals surface area contributed by atoms with Crippen LogP contribution in [0.4, 0.5) is 5.69 Å². The molecule has 0 bridgehead atoms.